The summed E-state index contributed by atoms with van der Waals surface area (Å²) >= 11 is 0. The first-order valence-corrected chi connectivity index (χ1v) is 9.23. The molecule has 7 heteroatoms. The molecule has 146 valence electrons. The molecule has 2 N–H and O–H groups in total. The fraction of sp³-hybridized carbons (Fsp3) is 0.286. The standard InChI is InChI=1S/C21H22FN3O3/c1-2-3-12-28-15-10-8-14(9-11-15)20(27)25-21-23-18(13-19(26)24-21)16-6-4-5-7-17(16)22/h4-11,18H,2-3,12-13H2,1H3,(H2,23,24,25,26,27)/t18-/m1/s1. The minimum absolute atomic E-state index is 0.0118. The summed E-state index contributed by atoms with van der Waals surface area (Å²) in [4.78, 5) is 28.7. The SMILES string of the molecule is CCCCOc1ccc(C(=O)NC2=N[C@@H](c3ccccc3F)CC(=O)N2)cc1. The van der Waals surface area contributed by atoms with E-state index >= 15 is 0 Å². The highest BCUT2D eigenvalue weighted by atomic mass is 19.1. The average molecular weight is 383 g/mol. The topological polar surface area (TPSA) is 79.8 Å². The van der Waals surface area contributed by atoms with Gasteiger partial charge in [0.1, 0.15) is 11.6 Å². The van der Waals surface area contributed by atoms with E-state index in [1.165, 1.54) is 6.07 Å². The molecule has 0 spiro atoms. The van der Waals surface area contributed by atoms with Crippen LogP contribution in [0.25, 0.3) is 0 Å². The number of amides is 2. The number of rotatable bonds is 6. The average Bonchev–Trinajstić information content (AvgIpc) is 2.68. The van der Waals surface area contributed by atoms with Crippen molar-refractivity contribution in [3.05, 3.63) is 65.5 Å². The van der Waals surface area contributed by atoms with Crippen molar-refractivity contribution in [3.63, 3.8) is 0 Å². The molecule has 28 heavy (non-hydrogen) atoms. The second-order valence-electron chi connectivity index (χ2n) is 6.45. The molecule has 2 aromatic rings. The second kappa shape index (κ2) is 9.12. The van der Waals surface area contributed by atoms with Gasteiger partial charge in [0.2, 0.25) is 11.9 Å². The van der Waals surface area contributed by atoms with Gasteiger partial charge in [-0.25, -0.2) is 9.38 Å². The highest BCUT2D eigenvalue weighted by molar-refractivity contribution is 6.10. The maximum Gasteiger partial charge on any atom is 0.257 e. The zero-order valence-corrected chi connectivity index (χ0v) is 15.6. The Kier molecular flexibility index (Phi) is 6.37. The van der Waals surface area contributed by atoms with Crippen LogP contribution in [0.4, 0.5) is 4.39 Å². The normalized spacial score (nSPS) is 16.1. The summed E-state index contributed by atoms with van der Waals surface area (Å²) in [5.41, 5.74) is 0.713. The van der Waals surface area contributed by atoms with E-state index in [9.17, 15) is 14.0 Å². The van der Waals surface area contributed by atoms with Crippen molar-refractivity contribution in [2.75, 3.05) is 6.61 Å². The monoisotopic (exact) mass is 383 g/mol. The van der Waals surface area contributed by atoms with Crippen LogP contribution in [0, 0.1) is 5.82 Å². The summed E-state index contributed by atoms with van der Waals surface area (Å²) in [7, 11) is 0. The molecule has 0 aromatic heterocycles. The van der Waals surface area contributed by atoms with Crippen molar-refractivity contribution in [2.24, 2.45) is 4.99 Å². The molecule has 1 heterocycles. The smallest absolute Gasteiger partial charge is 0.257 e. The maximum absolute atomic E-state index is 14.0. The summed E-state index contributed by atoms with van der Waals surface area (Å²) in [5.74, 6) is -0.493. The highest BCUT2D eigenvalue weighted by Crippen LogP contribution is 2.25. The molecule has 0 saturated carbocycles. The Balaban J connectivity index is 1.68. The van der Waals surface area contributed by atoms with Crippen LogP contribution in [0.15, 0.2) is 53.5 Å². The Morgan fingerprint density at radius 1 is 1.25 bits per heavy atom. The Labute approximate surface area is 162 Å². The lowest BCUT2D eigenvalue weighted by Gasteiger charge is -2.21. The predicted molar refractivity (Wildman–Crippen MR) is 104 cm³/mol. The fourth-order valence-electron chi connectivity index (χ4n) is 2.80. The molecular weight excluding hydrogens is 361 g/mol. The van der Waals surface area contributed by atoms with E-state index < -0.39 is 17.8 Å². The number of aliphatic imine (C=N–C) groups is 1. The van der Waals surface area contributed by atoms with Crippen LogP contribution in [0.1, 0.15) is 48.1 Å². The molecule has 0 bridgehead atoms. The first-order chi connectivity index (χ1) is 13.6. The Morgan fingerprint density at radius 2 is 2.00 bits per heavy atom. The molecule has 0 saturated heterocycles. The third-order valence-corrected chi connectivity index (χ3v) is 4.30. The number of carbonyl (C=O) groups is 2. The van der Waals surface area contributed by atoms with E-state index in [2.05, 4.69) is 22.5 Å². The molecule has 1 aliphatic rings. The van der Waals surface area contributed by atoms with Gasteiger partial charge in [-0.2, -0.15) is 0 Å². The fourth-order valence-corrected chi connectivity index (χ4v) is 2.80. The van der Waals surface area contributed by atoms with Crippen LogP contribution in [0.2, 0.25) is 0 Å². The Hall–Kier alpha value is -3.22. The van der Waals surface area contributed by atoms with E-state index in [0.29, 0.717) is 23.5 Å². The van der Waals surface area contributed by atoms with Crippen LogP contribution in [-0.2, 0) is 4.79 Å². The highest BCUT2D eigenvalue weighted by Gasteiger charge is 2.25. The molecule has 0 unspecified atom stereocenters. The van der Waals surface area contributed by atoms with Crippen molar-refractivity contribution < 1.29 is 18.7 Å². The number of nitrogens with zero attached hydrogens (tertiary/aromatic N) is 1. The van der Waals surface area contributed by atoms with Gasteiger partial charge in [-0.3, -0.25) is 20.2 Å². The first kappa shape index (κ1) is 19.5. The van der Waals surface area contributed by atoms with Crippen LogP contribution < -0.4 is 15.4 Å². The third kappa shape index (κ3) is 4.94. The number of guanidine groups is 1. The van der Waals surface area contributed by atoms with Gasteiger partial charge in [0.25, 0.3) is 5.91 Å². The lowest BCUT2D eigenvalue weighted by atomic mass is 10.0. The minimum Gasteiger partial charge on any atom is -0.494 e. The molecule has 2 aromatic carbocycles. The van der Waals surface area contributed by atoms with Gasteiger partial charge in [-0.1, -0.05) is 31.5 Å². The minimum atomic E-state index is -0.681. The number of benzene rings is 2. The number of nitrogens with one attached hydrogen (secondary N) is 2. The largest absolute Gasteiger partial charge is 0.494 e. The molecule has 3 rings (SSSR count). The molecular formula is C21H22FN3O3. The summed E-state index contributed by atoms with van der Waals surface area (Å²) in [6, 6.07) is 12.2. The molecule has 0 aliphatic carbocycles. The summed E-state index contributed by atoms with van der Waals surface area (Å²) in [5, 5.41) is 5.09. The van der Waals surface area contributed by atoms with E-state index in [1.807, 2.05) is 0 Å². The van der Waals surface area contributed by atoms with Crippen LogP contribution in [-0.4, -0.2) is 24.4 Å². The van der Waals surface area contributed by atoms with Gasteiger partial charge in [0, 0.05) is 11.1 Å². The number of ether oxygens (including phenoxy) is 1. The van der Waals surface area contributed by atoms with E-state index in [4.69, 9.17) is 4.74 Å². The van der Waals surface area contributed by atoms with Gasteiger partial charge in [-0.05, 0) is 36.8 Å². The van der Waals surface area contributed by atoms with Gasteiger partial charge >= 0.3 is 0 Å². The quantitative estimate of drug-likeness (QED) is 0.751. The van der Waals surface area contributed by atoms with E-state index in [1.54, 1.807) is 42.5 Å². The van der Waals surface area contributed by atoms with Crippen molar-refractivity contribution in [3.8, 4) is 5.75 Å². The van der Waals surface area contributed by atoms with Gasteiger partial charge < -0.3 is 4.74 Å². The van der Waals surface area contributed by atoms with Gasteiger partial charge in [0.15, 0.2) is 0 Å². The number of unbranched alkanes of at least 4 members (excludes halogenated alkanes) is 1. The molecule has 1 atom stereocenters. The molecule has 0 radical (unpaired) electrons. The van der Waals surface area contributed by atoms with Crippen LogP contribution in [0.5, 0.6) is 5.75 Å². The van der Waals surface area contributed by atoms with Crippen molar-refractivity contribution >= 4 is 17.8 Å². The number of halogens is 1. The summed E-state index contributed by atoms with van der Waals surface area (Å²) < 4.78 is 19.6. The molecule has 1 aliphatic heterocycles. The van der Waals surface area contributed by atoms with Crippen molar-refractivity contribution in [1.82, 2.24) is 10.6 Å². The van der Waals surface area contributed by atoms with Gasteiger partial charge in [0.05, 0.1) is 19.1 Å². The number of hydrogen-bond acceptors (Lipinski definition) is 4. The third-order valence-electron chi connectivity index (χ3n) is 4.30. The Morgan fingerprint density at radius 3 is 2.71 bits per heavy atom. The van der Waals surface area contributed by atoms with E-state index in [0.717, 1.165) is 12.8 Å². The summed E-state index contributed by atoms with van der Waals surface area (Å²) in [6.45, 7) is 2.71. The van der Waals surface area contributed by atoms with Gasteiger partial charge in [-0.15, -0.1) is 0 Å². The van der Waals surface area contributed by atoms with Crippen molar-refractivity contribution in [2.45, 2.75) is 32.2 Å². The predicted octanol–water partition coefficient (Wildman–Crippen LogP) is 3.35. The second-order valence-corrected chi connectivity index (χ2v) is 6.45. The zero-order valence-electron chi connectivity index (χ0n) is 15.6. The molecule has 0 fully saturated rings. The van der Waals surface area contributed by atoms with Crippen molar-refractivity contribution in [1.29, 1.82) is 0 Å². The number of carbonyl (C=O) groups excluding carboxylic acids is 2. The van der Waals surface area contributed by atoms with Crippen LogP contribution in [0.3, 0.4) is 0 Å². The molecule has 6 nitrogen and oxygen atoms in total. The zero-order chi connectivity index (χ0) is 19.9. The maximum atomic E-state index is 14.0. The van der Waals surface area contributed by atoms with Crippen LogP contribution >= 0.6 is 0 Å². The number of hydrogen-bond donors (Lipinski definition) is 2. The lowest BCUT2D eigenvalue weighted by molar-refractivity contribution is -0.120. The first-order valence-electron chi connectivity index (χ1n) is 9.23. The van der Waals surface area contributed by atoms with E-state index in [-0.39, 0.29) is 18.3 Å². The molecule has 2 amide bonds. The Bertz CT molecular complexity index is 881. The summed E-state index contributed by atoms with van der Waals surface area (Å²) in [6.07, 6.45) is 2.03. The lowest BCUT2D eigenvalue weighted by Crippen LogP contribution is -2.47.